The van der Waals surface area contributed by atoms with E-state index in [4.69, 9.17) is 0 Å². The first-order valence-electron chi connectivity index (χ1n) is 8.04. The molecular formula is C17H32. The molecule has 6 atom stereocenters. The summed E-state index contributed by atoms with van der Waals surface area (Å²) < 4.78 is 0. The highest BCUT2D eigenvalue weighted by Gasteiger charge is 2.45. The maximum absolute atomic E-state index is 2.52. The predicted molar refractivity (Wildman–Crippen MR) is 75.9 cm³/mol. The summed E-state index contributed by atoms with van der Waals surface area (Å²) in [5.74, 6) is 7.05. The third kappa shape index (κ3) is 2.56. The lowest BCUT2D eigenvalue weighted by Crippen LogP contribution is -2.37. The molecule has 0 heteroatoms. The zero-order chi connectivity index (χ0) is 12.6. The van der Waals surface area contributed by atoms with E-state index in [1.807, 2.05) is 0 Å². The molecule has 0 saturated heterocycles. The Bertz CT molecular complexity index is 242. The molecule has 2 aliphatic carbocycles. The lowest BCUT2D eigenvalue weighted by atomic mass is 9.61. The van der Waals surface area contributed by atoms with Crippen LogP contribution in [0, 0.1) is 41.4 Å². The van der Waals surface area contributed by atoms with Crippen LogP contribution in [0.2, 0.25) is 0 Å². The van der Waals surface area contributed by atoms with Gasteiger partial charge < -0.3 is 0 Å². The molecule has 0 N–H and O–H groups in total. The summed E-state index contributed by atoms with van der Waals surface area (Å²) >= 11 is 0. The van der Waals surface area contributed by atoms with E-state index in [0.29, 0.717) is 0 Å². The first-order valence-corrected chi connectivity index (χ1v) is 8.04. The molecule has 2 saturated carbocycles. The van der Waals surface area contributed by atoms with Gasteiger partial charge >= 0.3 is 0 Å². The Labute approximate surface area is 109 Å². The van der Waals surface area contributed by atoms with Crippen molar-refractivity contribution in [3.05, 3.63) is 0 Å². The van der Waals surface area contributed by atoms with Gasteiger partial charge in [-0.15, -0.1) is 0 Å². The van der Waals surface area contributed by atoms with Crippen LogP contribution in [0.15, 0.2) is 0 Å². The minimum absolute atomic E-state index is 0.901. The van der Waals surface area contributed by atoms with Gasteiger partial charge in [-0.1, -0.05) is 47.5 Å². The van der Waals surface area contributed by atoms with Crippen LogP contribution >= 0.6 is 0 Å². The second-order valence-electron chi connectivity index (χ2n) is 7.42. The van der Waals surface area contributed by atoms with Gasteiger partial charge in [0.15, 0.2) is 0 Å². The topological polar surface area (TPSA) is 0 Å². The Balaban J connectivity index is 2.14. The van der Waals surface area contributed by atoms with Crippen molar-refractivity contribution in [1.82, 2.24) is 0 Å². The van der Waals surface area contributed by atoms with Crippen molar-refractivity contribution in [2.45, 2.75) is 66.7 Å². The third-order valence-corrected chi connectivity index (χ3v) is 6.19. The van der Waals surface area contributed by atoms with Gasteiger partial charge in [0.2, 0.25) is 0 Å². The number of hydrogen-bond acceptors (Lipinski definition) is 0. The normalized spacial score (nSPS) is 43.8. The SMILES string of the molecule is CCC(C)C1CC(C(C)C)CC2CCC(C)C21. The Morgan fingerprint density at radius 3 is 2.35 bits per heavy atom. The van der Waals surface area contributed by atoms with E-state index in [1.165, 1.54) is 25.7 Å². The van der Waals surface area contributed by atoms with Crippen molar-refractivity contribution in [1.29, 1.82) is 0 Å². The molecule has 0 aliphatic heterocycles. The first-order chi connectivity index (χ1) is 8.04. The van der Waals surface area contributed by atoms with Crippen molar-refractivity contribution in [3.63, 3.8) is 0 Å². The summed E-state index contributed by atoms with van der Waals surface area (Å²) in [6.45, 7) is 12.3. The number of hydrogen-bond donors (Lipinski definition) is 0. The largest absolute Gasteiger partial charge is 0.0651 e. The highest BCUT2D eigenvalue weighted by molar-refractivity contribution is 4.95. The van der Waals surface area contributed by atoms with E-state index < -0.39 is 0 Å². The minimum atomic E-state index is 0.901. The Kier molecular flexibility index (Phi) is 4.21. The number of fused-ring (bicyclic) bond motifs is 1. The number of rotatable bonds is 3. The first kappa shape index (κ1) is 13.4. The summed E-state index contributed by atoms with van der Waals surface area (Å²) in [5.41, 5.74) is 0. The average molecular weight is 236 g/mol. The lowest BCUT2D eigenvalue weighted by molar-refractivity contribution is 0.0483. The van der Waals surface area contributed by atoms with Crippen molar-refractivity contribution < 1.29 is 0 Å². The summed E-state index contributed by atoms with van der Waals surface area (Å²) in [6.07, 6.45) is 7.48. The van der Waals surface area contributed by atoms with Crippen molar-refractivity contribution >= 4 is 0 Å². The summed E-state index contributed by atoms with van der Waals surface area (Å²) in [5, 5.41) is 0. The second kappa shape index (κ2) is 5.33. The van der Waals surface area contributed by atoms with Crippen LogP contribution in [0.3, 0.4) is 0 Å². The molecule has 6 unspecified atom stereocenters. The van der Waals surface area contributed by atoms with Crippen molar-refractivity contribution in [2.24, 2.45) is 41.4 Å². The maximum atomic E-state index is 2.52. The molecule has 0 aromatic heterocycles. The van der Waals surface area contributed by atoms with Crippen LogP contribution < -0.4 is 0 Å². The smallest absolute Gasteiger partial charge is 0.0329 e. The minimum Gasteiger partial charge on any atom is -0.0651 e. The average Bonchev–Trinajstić information content (AvgIpc) is 2.69. The van der Waals surface area contributed by atoms with Gasteiger partial charge in [0.1, 0.15) is 0 Å². The van der Waals surface area contributed by atoms with Crippen LogP contribution in [0.25, 0.3) is 0 Å². The van der Waals surface area contributed by atoms with Crippen molar-refractivity contribution in [3.8, 4) is 0 Å². The van der Waals surface area contributed by atoms with Crippen LogP contribution in [0.4, 0.5) is 0 Å². The highest BCUT2D eigenvalue weighted by atomic mass is 14.5. The predicted octanol–water partition coefficient (Wildman–Crippen LogP) is 5.38. The van der Waals surface area contributed by atoms with E-state index in [0.717, 1.165) is 41.4 Å². The molecule has 0 radical (unpaired) electrons. The van der Waals surface area contributed by atoms with Gasteiger partial charge in [-0.25, -0.2) is 0 Å². The fraction of sp³-hybridized carbons (Fsp3) is 1.00. The molecule has 2 fully saturated rings. The van der Waals surface area contributed by atoms with Gasteiger partial charge in [-0.2, -0.15) is 0 Å². The Morgan fingerprint density at radius 2 is 1.76 bits per heavy atom. The van der Waals surface area contributed by atoms with Gasteiger partial charge in [-0.3, -0.25) is 0 Å². The van der Waals surface area contributed by atoms with Crippen LogP contribution in [-0.4, -0.2) is 0 Å². The molecule has 0 nitrogen and oxygen atoms in total. The summed E-state index contributed by atoms with van der Waals surface area (Å²) in [4.78, 5) is 0. The van der Waals surface area contributed by atoms with Gasteiger partial charge in [0.05, 0.1) is 0 Å². The summed E-state index contributed by atoms with van der Waals surface area (Å²) in [6, 6.07) is 0. The van der Waals surface area contributed by atoms with Gasteiger partial charge in [-0.05, 0) is 60.7 Å². The van der Waals surface area contributed by atoms with E-state index in [2.05, 4.69) is 34.6 Å². The molecule has 0 aromatic carbocycles. The molecule has 2 rings (SSSR count). The quantitative estimate of drug-likeness (QED) is 0.617. The molecular weight excluding hydrogens is 204 g/mol. The van der Waals surface area contributed by atoms with Crippen LogP contribution in [-0.2, 0) is 0 Å². The fourth-order valence-corrected chi connectivity index (χ4v) is 4.82. The maximum Gasteiger partial charge on any atom is -0.0329 e. The second-order valence-corrected chi connectivity index (χ2v) is 7.42. The monoisotopic (exact) mass is 236 g/mol. The molecule has 0 spiro atoms. The molecule has 0 amide bonds. The van der Waals surface area contributed by atoms with Crippen LogP contribution in [0.5, 0.6) is 0 Å². The van der Waals surface area contributed by atoms with E-state index in [9.17, 15) is 0 Å². The fourth-order valence-electron chi connectivity index (χ4n) is 4.82. The summed E-state index contributed by atoms with van der Waals surface area (Å²) in [7, 11) is 0. The molecule has 0 aromatic rings. The zero-order valence-corrected chi connectivity index (χ0v) is 12.6. The molecule has 2 aliphatic rings. The highest BCUT2D eigenvalue weighted by Crippen LogP contribution is 2.54. The third-order valence-electron chi connectivity index (χ3n) is 6.19. The molecule has 0 bridgehead atoms. The van der Waals surface area contributed by atoms with E-state index in [-0.39, 0.29) is 0 Å². The zero-order valence-electron chi connectivity index (χ0n) is 12.6. The molecule has 100 valence electrons. The van der Waals surface area contributed by atoms with Crippen LogP contribution in [0.1, 0.15) is 66.7 Å². The molecule has 17 heavy (non-hydrogen) atoms. The van der Waals surface area contributed by atoms with E-state index in [1.54, 1.807) is 6.42 Å². The van der Waals surface area contributed by atoms with Gasteiger partial charge in [0, 0.05) is 0 Å². The standard InChI is InChI=1S/C17H32/c1-6-12(4)16-10-15(11(2)3)9-14-8-7-13(5)17(14)16/h11-17H,6-10H2,1-5H3. The van der Waals surface area contributed by atoms with Crippen molar-refractivity contribution in [2.75, 3.05) is 0 Å². The van der Waals surface area contributed by atoms with Gasteiger partial charge in [0.25, 0.3) is 0 Å². The lowest BCUT2D eigenvalue weighted by Gasteiger charge is -2.44. The van der Waals surface area contributed by atoms with E-state index >= 15 is 0 Å². The molecule has 0 heterocycles. The Morgan fingerprint density at radius 1 is 1.06 bits per heavy atom. The Hall–Kier alpha value is 0.